The van der Waals surface area contributed by atoms with Gasteiger partial charge in [0, 0.05) is 29.2 Å². The molecule has 268 valence electrons. The van der Waals surface area contributed by atoms with Crippen molar-refractivity contribution >= 4 is 23.6 Å². The molecular weight excluding hydrogens is 705 g/mol. The summed E-state index contributed by atoms with van der Waals surface area (Å²) in [5, 5.41) is 21.3. The Morgan fingerprint density at radius 2 is 1.38 bits per heavy atom. The molecule has 0 saturated carbocycles. The lowest BCUT2D eigenvalue weighted by Crippen LogP contribution is -2.31. The number of carbonyl (C=O) groups is 2. The van der Waals surface area contributed by atoms with Crippen molar-refractivity contribution in [2.75, 3.05) is 5.75 Å². The molecular formula is C39H30F5NO6S. The number of amides is 1. The number of aromatic carboxylic acids is 1. The topological polar surface area (TPSA) is 105 Å². The standard InChI is InChI=1S/C39H30F5NO6S/c40-32-31(33(41)35(43)36(44)34(32)42)37(47)45-18-22-4-3-5-26(16-22)23-12-14-25(15-13-23)39-50-27(20-52-30-7-2-1-6-28(30)38(48)49)17-29(51-39)24-10-8-21(19-46)9-11-24/h1-16,27,29,39,46H,17-20H2,(H,45,47)(H,48,49)/t27-,29+,39+/m0/s1. The van der Waals surface area contributed by atoms with Crippen LogP contribution >= 0.6 is 11.8 Å². The van der Waals surface area contributed by atoms with Crippen molar-refractivity contribution in [2.24, 2.45) is 0 Å². The first-order valence-corrected chi connectivity index (χ1v) is 17.0. The molecule has 0 unspecified atom stereocenters. The molecule has 0 spiro atoms. The van der Waals surface area contributed by atoms with Crippen molar-refractivity contribution in [1.82, 2.24) is 5.32 Å². The van der Waals surface area contributed by atoms with Crippen molar-refractivity contribution in [3.63, 3.8) is 0 Å². The molecule has 3 atom stereocenters. The van der Waals surface area contributed by atoms with Gasteiger partial charge < -0.3 is 25.0 Å². The second-order valence-corrected chi connectivity index (χ2v) is 13.0. The molecule has 1 fully saturated rings. The molecule has 13 heteroatoms. The van der Waals surface area contributed by atoms with E-state index in [4.69, 9.17) is 9.47 Å². The van der Waals surface area contributed by atoms with E-state index in [1.165, 1.54) is 11.8 Å². The highest BCUT2D eigenvalue weighted by molar-refractivity contribution is 7.99. The highest BCUT2D eigenvalue weighted by Crippen LogP contribution is 2.40. The fourth-order valence-corrected chi connectivity index (χ4v) is 6.81. The molecule has 7 nitrogen and oxygen atoms in total. The summed E-state index contributed by atoms with van der Waals surface area (Å²) in [7, 11) is 0. The number of carbonyl (C=O) groups excluding carboxylic acids is 1. The van der Waals surface area contributed by atoms with Crippen LogP contribution in [0.5, 0.6) is 0 Å². The van der Waals surface area contributed by atoms with Gasteiger partial charge in [-0.1, -0.05) is 78.9 Å². The summed E-state index contributed by atoms with van der Waals surface area (Å²) in [6, 6.07) is 28.3. The molecule has 1 aliphatic rings. The first kappa shape index (κ1) is 36.7. The summed E-state index contributed by atoms with van der Waals surface area (Å²) < 4.78 is 81.7. The Morgan fingerprint density at radius 3 is 2.06 bits per heavy atom. The van der Waals surface area contributed by atoms with Gasteiger partial charge in [-0.05, 0) is 46.0 Å². The molecule has 5 aromatic carbocycles. The Balaban J connectivity index is 1.17. The first-order chi connectivity index (χ1) is 25.0. The highest BCUT2D eigenvalue weighted by atomic mass is 32.2. The predicted octanol–water partition coefficient (Wildman–Crippen LogP) is 8.51. The molecule has 0 bridgehead atoms. The van der Waals surface area contributed by atoms with Crippen LogP contribution in [0.15, 0.2) is 102 Å². The smallest absolute Gasteiger partial charge is 0.336 e. The van der Waals surface area contributed by atoms with Gasteiger partial charge in [-0.25, -0.2) is 26.7 Å². The number of ether oxygens (including phenoxy) is 2. The third-order valence-corrected chi connectivity index (χ3v) is 9.70. The summed E-state index contributed by atoms with van der Waals surface area (Å²) in [4.78, 5) is 24.8. The van der Waals surface area contributed by atoms with Crippen LogP contribution in [-0.4, -0.2) is 33.9 Å². The van der Waals surface area contributed by atoms with Gasteiger partial charge in [0.2, 0.25) is 5.82 Å². The second-order valence-electron chi connectivity index (χ2n) is 11.9. The minimum Gasteiger partial charge on any atom is -0.478 e. The fourth-order valence-electron chi connectivity index (χ4n) is 5.74. The van der Waals surface area contributed by atoms with Crippen LogP contribution in [0.2, 0.25) is 0 Å². The van der Waals surface area contributed by atoms with E-state index < -0.39 is 52.8 Å². The lowest BCUT2D eigenvalue weighted by atomic mass is 9.99. The van der Waals surface area contributed by atoms with E-state index in [1.54, 1.807) is 48.5 Å². The zero-order chi connectivity index (χ0) is 36.9. The molecule has 0 aliphatic carbocycles. The van der Waals surface area contributed by atoms with Crippen molar-refractivity contribution in [3.05, 3.63) is 160 Å². The highest BCUT2D eigenvalue weighted by Gasteiger charge is 2.33. The molecule has 52 heavy (non-hydrogen) atoms. The van der Waals surface area contributed by atoms with Gasteiger partial charge >= 0.3 is 5.97 Å². The van der Waals surface area contributed by atoms with Crippen molar-refractivity contribution < 1.29 is 51.2 Å². The fraction of sp³-hybridized carbons (Fsp3) is 0.179. The van der Waals surface area contributed by atoms with Crippen molar-refractivity contribution in [1.29, 1.82) is 0 Å². The number of rotatable bonds is 11. The van der Waals surface area contributed by atoms with Gasteiger partial charge in [0.25, 0.3) is 5.91 Å². The summed E-state index contributed by atoms with van der Waals surface area (Å²) in [6.07, 6.45) is -0.940. The Bertz CT molecular complexity index is 2070. The SMILES string of the molecule is O=C(O)c1ccccc1SC[C@@H]1C[C@H](c2ccc(CO)cc2)O[C@H](c2ccc(-c3cccc(CNC(=O)c4c(F)c(F)c(F)c(F)c4F)c3)cc2)O1. The quantitative estimate of drug-likeness (QED) is 0.0541. The maximum atomic E-state index is 14.1. The normalized spacial score (nSPS) is 17.2. The van der Waals surface area contributed by atoms with Crippen LogP contribution in [0.4, 0.5) is 22.0 Å². The Hall–Kier alpha value is -5.08. The number of aliphatic hydroxyl groups excluding tert-OH is 1. The molecule has 0 aromatic heterocycles. The molecule has 1 heterocycles. The molecule has 1 saturated heterocycles. The van der Waals surface area contributed by atoms with Crippen LogP contribution < -0.4 is 5.32 Å². The average molecular weight is 736 g/mol. The zero-order valence-corrected chi connectivity index (χ0v) is 27.9. The van der Waals surface area contributed by atoms with E-state index in [-0.39, 0.29) is 30.9 Å². The van der Waals surface area contributed by atoms with Crippen LogP contribution in [0.3, 0.4) is 0 Å². The predicted molar refractivity (Wildman–Crippen MR) is 182 cm³/mol. The van der Waals surface area contributed by atoms with Gasteiger partial charge in [0.05, 0.1) is 24.4 Å². The Labute approximate surface area is 299 Å². The molecule has 0 radical (unpaired) electrons. The van der Waals surface area contributed by atoms with E-state index in [2.05, 4.69) is 5.32 Å². The van der Waals surface area contributed by atoms with E-state index in [9.17, 15) is 41.8 Å². The van der Waals surface area contributed by atoms with Gasteiger partial charge in [0.15, 0.2) is 29.6 Å². The maximum Gasteiger partial charge on any atom is 0.336 e. The Morgan fingerprint density at radius 1 is 0.731 bits per heavy atom. The molecule has 1 amide bonds. The molecule has 1 aliphatic heterocycles. The number of benzene rings is 5. The first-order valence-electron chi connectivity index (χ1n) is 16.0. The lowest BCUT2D eigenvalue weighted by Gasteiger charge is -2.36. The number of thioether (sulfide) groups is 1. The van der Waals surface area contributed by atoms with Gasteiger partial charge in [-0.15, -0.1) is 11.8 Å². The summed E-state index contributed by atoms with van der Waals surface area (Å²) in [5.41, 5.74) is 2.99. The minimum absolute atomic E-state index is 0.0951. The van der Waals surface area contributed by atoms with Crippen LogP contribution in [-0.2, 0) is 22.6 Å². The van der Waals surface area contributed by atoms with E-state index in [0.717, 1.165) is 16.7 Å². The number of hydrogen-bond donors (Lipinski definition) is 3. The number of carboxylic acid groups (broad SMARTS) is 1. The van der Waals surface area contributed by atoms with Crippen LogP contribution in [0, 0.1) is 29.1 Å². The summed E-state index contributed by atoms with van der Waals surface area (Å²) >= 11 is 1.38. The van der Waals surface area contributed by atoms with Gasteiger partial charge in [0.1, 0.15) is 5.56 Å². The second kappa shape index (κ2) is 16.1. The molecule has 3 N–H and O–H groups in total. The largest absolute Gasteiger partial charge is 0.478 e. The van der Waals surface area contributed by atoms with Crippen molar-refractivity contribution in [2.45, 2.75) is 43.0 Å². The Kier molecular flexibility index (Phi) is 11.3. The van der Waals surface area contributed by atoms with Crippen LogP contribution in [0.25, 0.3) is 11.1 Å². The number of aliphatic hydroxyl groups is 1. The number of hydrogen-bond acceptors (Lipinski definition) is 6. The summed E-state index contributed by atoms with van der Waals surface area (Å²) in [5.74, 6) is -13.2. The lowest BCUT2D eigenvalue weighted by molar-refractivity contribution is -0.245. The monoisotopic (exact) mass is 735 g/mol. The number of carboxylic acids is 1. The minimum atomic E-state index is -2.35. The number of halogens is 5. The van der Waals surface area contributed by atoms with E-state index in [0.29, 0.717) is 33.8 Å². The molecule has 5 aromatic rings. The van der Waals surface area contributed by atoms with Crippen LogP contribution in [0.1, 0.15) is 61.8 Å². The third-order valence-electron chi connectivity index (χ3n) is 8.49. The third kappa shape index (κ3) is 8.02. The summed E-state index contributed by atoms with van der Waals surface area (Å²) in [6.45, 7) is -0.354. The molecule has 6 rings (SSSR count). The zero-order valence-electron chi connectivity index (χ0n) is 27.1. The number of nitrogens with one attached hydrogen (secondary N) is 1. The van der Waals surface area contributed by atoms with Crippen molar-refractivity contribution in [3.8, 4) is 11.1 Å². The van der Waals surface area contributed by atoms with Gasteiger partial charge in [-0.2, -0.15) is 0 Å². The van der Waals surface area contributed by atoms with E-state index >= 15 is 0 Å². The average Bonchev–Trinajstić information content (AvgIpc) is 3.18. The van der Waals surface area contributed by atoms with E-state index in [1.807, 2.05) is 48.5 Å². The maximum absolute atomic E-state index is 14.1. The van der Waals surface area contributed by atoms with Gasteiger partial charge in [-0.3, -0.25) is 4.79 Å².